The second kappa shape index (κ2) is 8.19. The van der Waals surface area contributed by atoms with Crippen molar-refractivity contribution < 1.29 is 14.6 Å². The molecule has 0 bridgehead atoms. The van der Waals surface area contributed by atoms with Crippen LogP contribution < -0.4 is 9.47 Å². The normalized spacial score (nSPS) is 16.6. The fraction of sp³-hybridized carbons (Fsp3) is 0.368. The maximum atomic E-state index is 9.97. The summed E-state index contributed by atoms with van der Waals surface area (Å²) in [6, 6.07) is 16.1. The lowest BCUT2D eigenvalue weighted by atomic mass is 10.1. The SMILES string of the molecule is COc1cc(C2(CO)SCCCS2)ccc1OCc1ccccc1. The van der Waals surface area contributed by atoms with Gasteiger partial charge in [0.1, 0.15) is 10.7 Å². The average molecular weight is 363 g/mol. The average Bonchev–Trinajstić information content (AvgIpc) is 2.67. The summed E-state index contributed by atoms with van der Waals surface area (Å²) < 4.78 is 11.2. The van der Waals surface area contributed by atoms with Crippen molar-refractivity contribution in [3.63, 3.8) is 0 Å². The molecule has 3 rings (SSSR count). The van der Waals surface area contributed by atoms with Crippen molar-refractivity contribution in [2.75, 3.05) is 25.2 Å². The molecule has 0 unspecified atom stereocenters. The van der Waals surface area contributed by atoms with E-state index in [1.807, 2.05) is 72.1 Å². The van der Waals surface area contributed by atoms with Gasteiger partial charge in [-0.15, -0.1) is 23.5 Å². The zero-order chi connectivity index (χ0) is 16.8. The van der Waals surface area contributed by atoms with Crippen LogP contribution >= 0.6 is 23.5 Å². The number of thioether (sulfide) groups is 2. The lowest BCUT2D eigenvalue weighted by molar-refractivity contribution is 0.279. The highest BCUT2D eigenvalue weighted by Crippen LogP contribution is 2.51. The van der Waals surface area contributed by atoms with E-state index in [1.54, 1.807) is 7.11 Å². The summed E-state index contributed by atoms with van der Waals surface area (Å²) in [6.45, 7) is 0.626. The number of hydrogen-bond donors (Lipinski definition) is 1. The number of aliphatic hydroxyl groups is 1. The highest BCUT2D eigenvalue weighted by molar-refractivity contribution is 8.18. The molecule has 0 aromatic heterocycles. The largest absolute Gasteiger partial charge is 0.493 e. The van der Waals surface area contributed by atoms with Gasteiger partial charge in [0.15, 0.2) is 11.5 Å². The third-order valence-electron chi connectivity index (χ3n) is 4.01. The molecule has 0 aliphatic carbocycles. The summed E-state index contributed by atoms with van der Waals surface area (Å²) in [5.41, 5.74) is 2.21. The van der Waals surface area contributed by atoms with Crippen molar-refractivity contribution in [3.8, 4) is 11.5 Å². The number of hydrogen-bond acceptors (Lipinski definition) is 5. The van der Waals surface area contributed by atoms with E-state index >= 15 is 0 Å². The van der Waals surface area contributed by atoms with Gasteiger partial charge in [0.25, 0.3) is 0 Å². The first-order chi connectivity index (χ1) is 11.8. The second-order valence-corrected chi connectivity index (χ2v) is 8.65. The van der Waals surface area contributed by atoms with Gasteiger partial charge in [-0.25, -0.2) is 0 Å². The fourth-order valence-electron chi connectivity index (χ4n) is 2.68. The summed E-state index contributed by atoms with van der Waals surface area (Å²) in [5.74, 6) is 3.58. The summed E-state index contributed by atoms with van der Waals surface area (Å²) in [4.78, 5) is 0. The first-order valence-corrected chi connectivity index (χ1v) is 9.98. The molecular weight excluding hydrogens is 340 g/mol. The summed E-state index contributed by atoms with van der Waals surface area (Å²) in [5, 5.41) is 9.97. The Balaban J connectivity index is 1.80. The topological polar surface area (TPSA) is 38.7 Å². The van der Waals surface area contributed by atoms with Gasteiger partial charge in [-0.1, -0.05) is 36.4 Å². The smallest absolute Gasteiger partial charge is 0.161 e. The highest BCUT2D eigenvalue weighted by atomic mass is 32.2. The molecule has 0 radical (unpaired) electrons. The number of methoxy groups -OCH3 is 1. The van der Waals surface area contributed by atoms with E-state index in [9.17, 15) is 5.11 Å². The Labute approximate surface area is 151 Å². The van der Waals surface area contributed by atoms with Gasteiger partial charge in [-0.2, -0.15) is 0 Å². The van der Waals surface area contributed by atoms with Crippen LogP contribution in [0.1, 0.15) is 17.5 Å². The Morgan fingerprint density at radius 3 is 2.46 bits per heavy atom. The van der Waals surface area contributed by atoms with Crippen molar-refractivity contribution in [1.29, 1.82) is 0 Å². The van der Waals surface area contributed by atoms with E-state index in [0.29, 0.717) is 12.4 Å². The van der Waals surface area contributed by atoms with Gasteiger partial charge < -0.3 is 14.6 Å². The molecule has 1 saturated heterocycles. The maximum Gasteiger partial charge on any atom is 0.161 e. The van der Waals surface area contributed by atoms with Crippen molar-refractivity contribution in [2.24, 2.45) is 0 Å². The van der Waals surface area contributed by atoms with E-state index in [2.05, 4.69) is 0 Å². The molecule has 0 amide bonds. The van der Waals surface area contributed by atoms with E-state index in [4.69, 9.17) is 9.47 Å². The molecule has 0 spiro atoms. The zero-order valence-corrected chi connectivity index (χ0v) is 15.4. The molecule has 5 heteroatoms. The predicted molar refractivity (Wildman–Crippen MR) is 102 cm³/mol. The number of rotatable bonds is 6. The molecule has 128 valence electrons. The molecule has 1 fully saturated rings. The third kappa shape index (κ3) is 3.85. The lowest BCUT2D eigenvalue weighted by Gasteiger charge is -2.35. The first kappa shape index (κ1) is 17.5. The molecule has 2 aromatic rings. The van der Waals surface area contributed by atoms with Crippen LogP contribution in [0.4, 0.5) is 0 Å². The van der Waals surface area contributed by atoms with Crippen LogP contribution in [0.2, 0.25) is 0 Å². The van der Waals surface area contributed by atoms with Crippen LogP contribution in [-0.2, 0) is 10.7 Å². The molecule has 1 N–H and O–H groups in total. The molecule has 0 saturated carbocycles. The van der Waals surface area contributed by atoms with Crippen LogP contribution in [0.25, 0.3) is 0 Å². The van der Waals surface area contributed by atoms with Gasteiger partial charge in [0.2, 0.25) is 0 Å². The monoisotopic (exact) mass is 362 g/mol. The minimum atomic E-state index is -0.288. The van der Waals surface area contributed by atoms with Gasteiger partial charge >= 0.3 is 0 Å². The van der Waals surface area contributed by atoms with Crippen LogP contribution in [-0.4, -0.2) is 30.3 Å². The number of aliphatic hydroxyl groups excluding tert-OH is 1. The summed E-state index contributed by atoms with van der Waals surface area (Å²) >= 11 is 3.63. The predicted octanol–water partition coefficient (Wildman–Crippen LogP) is 4.29. The zero-order valence-electron chi connectivity index (χ0n) is 13.7. The Morgan fingerprint density at radius 1 is 1.04 bits per heavy atom. The van der Waals surface area contributed by atoms with Crippen LogP contribution in [0, 0.1) is 0 Å². The van der Waals surface area contributed by atoms with Crippen LogP contribution in [0.5, 0.6) is 11.5 Å². The Morgan fingerprint density at radius 2 is 1.79 bits per heavy atom. The molecular formula is C19H22O3S2. The van der Waals surface area contributed by atoms with Gasteiger partial charge in [-0.3, -0.25) is 0 Å². The highest BCUT2D eigenvalue weighted by Gasteiger charge is 2.35. The van der Waals surface area contributed by atoms with Crippen molar-refractivity contribution in [2.45, 2.75) is 17.1 Å². The molecule has 0 atom stereocenters. The Hall–Kier alpha value is -1.30. The molecule has 24 heavy (non-hydrogen) atoms. The van der Waals surface area contributed by atoms with E-state index in [-0.39, 0.29) is 10.7 Å². The quantitative estimate of drug-likeness (QED) is 0.830. The lowest BCUT2D eigenvalue weighted by Crippen LogP contribution is -2.26. The Kier molecular flexibility index (Phi) is 5.98. The van der Waals surface area contributed by atoms with Crippen LogP contribution in [0.15, 0.2) is 48.5 Å². The van der Waals surface area contributed by atoms with E-state index in [0.717, 1.165) is 28.4 Å². The molecule has 2 aromatic carbocycles. The van der Waals surface area contributed by atoms with Crippen molar-refractivity contribution >= 4 is 23.5 Å². The van der Waals surface area contributed by atoms with Crippen molar-refractivity contribution in [1.82, 2.24) is 0 Å². The molecule has 1 aliphatic rings. The summed E-state index contributed by atoms with van der Waals surface area (Å²) in [7, 11) is 1.65. The number of benzene rings is 2. The molecule has 1 aliphatic heterocycles. The maximum absolute atomic E-state index is 9.97. The van der Waals surface area contributed by atoms with Crippen molar-refractivity contribution in [3.05, 3.63) is 59.7 Å². The first-order valence-electron chi connectivity index (χ1n) is 8.01. The van der Waals surface area contributed by atoms with E-state index < -0.39 is 0 Å². The number of ether oxygens (including phenoxy) is 2. The van der Waals surface area contributed by atoms with Gasteiger partial charge in [0, 0.05) is 0 Å². The minimum absolute atomic E-state index is 0.121. The fourth-order valence-corrected chi connectivity index (χ4v) is 5.71. The van der Waals surface area contributed by atoms with Crippen LogP contribution in [0.3, 0.4) is 0 Å². The third-order valence-corrected chi connectivity index (χ3v) is 7.36. The standard InChI is InChI=1S/C19H22O3S2/c1-21-18-12-16(19(14-20)23-10-5-11-24-19)8-9-17(18)22-13-15-6-3-2-4-7-15/h2-4,6-9,12,20H,5,10-11,13-14H2,1H3. The minimum Gasteiger partial charge on any atom is -0.493 e. The van der Waals surface area contributed by atoms with Gasteiger partial charge in [0.05, 0.1) is 13.7 Å². The Bertz CT molecular complexity index is 655. The van der Waals surface area contributed by atoms with Gasteiger partial charge in [-0.05, 0) is 41.2 Å². The molecule has 3 nitrogen and oxygen atoms in total. The van der Waals surface area contributed by atoms with E-state index in [1.165, 1.54) is 6.42 Å². The second-order valence-electron chi connectivity index (χ2n) is 5.60. The summed E-state index contributed by atoms with van der Waals surface area (Å²) in [6.07, 6.45) is 1.19. The molecule has 1 heterocycles.